The summed E-state index contributed by atoms with van der Waals surface area (Å²) in [4.78, 5) is 0. The highest BCUT2D eigenvalue weighted by atomic mass is 16.5. The molecule has 2 N–H and O–H groups in total. The number of methoxy groups -OCH3 is 1. The molecule has 3 rings (SSSR count). The zero-order valence-corrected chi connectivity index (χ0v) is 11.8. The van der Waals surface area contributed by atoms with Gasteiger partial charge in [0.15, 0.2) is 0 Å². The number of rotatable bonds is 2. The van der Waals surface area contributed by atoms with Gasteiger partial charge in [0.25, 0.3) is 0 Å². The van der Waals surface area contributed by atoms with Crippen LogP contribution in [0.5, 0.6) is 5.75 Å². The molecule has 1 aromatic rings. The SMILES string of the molecule is COc1cc(C2(O)CC3CCCC(C2)N3)ccc1C. The van der Waals surface area contributed by atoms with Gasteiger partial charge in [-0.3, -0.25) is 0 Å². The zero-order valence-electron chi connectivity index (χ0n) is 11.8. The molecule has 2 unspecified atom stereocenters. The second-order valence-corrected chi connectivity index (χ2v) is 6.12. The Morgan fingerprint density at radius 1 is 1.26 bits per heavy atom. The van der Waals surface area contributed by atoms with E-state index in [-0.39, 0.29) is 0 Å². The van der Waals surface area contributed by atoms with Gasteiger partial charge in [0, 0.05) is 12.1 Å². The normalized spacial score (nSPS) is 34.1. The zero-order chi connectivity index (χ0) is 13.5. The lowest BCUT2D eigenvalue weighted by atomic mass is 9.74. The van der Waals surface area contributed by atoms with Gasteiger partial charge in [-0.15, -0.1) is 0 Å². The molecule has 0 amide bonds. The Labute approximate surface area is 115 Å². The second kappa shape index (κ2) is 4.80. The van der Waals surface area contributed by atoms with Crippen LogP contribution in [0.2, 0.25) is 0 Å². The molecule has 0 radical (unpaired) electrons. The van der Waals surface area contributed by atoms with E-state index in [1.54, 1.807) is 7.11 Å². The van der Waals surface area contributed by atoms with Crippen molar-refractivity contribution in [2.75, 3.05) is 7.11 Å². The van der Waals surface area contributed by atoms with Crippen LogP contribution in [0.15, 0.2) is 18.2 Å². The van der Waals surface area contributed by atoms with E-state index in [0.717, 1.165) is 29.7 Å². The van der Waals surface area contributed by atoms with E-state index < -0.39 is 5.60 Å². The summed E-state index contributed by atoms with van der Waals surface area (Å²) in [7, 11) is 1.69. The van der Waals surface area contributed by atoms with Crippen LogP contribution in [0, 0.1) is 6.92 Å². The minimum atomic E-state index is -0.692. The summed E-state index contributed by atoms with van der Waals surface area (Å²) in [6.45, 7) is 2.03. The maximum Gasteiger partial charge on any atom is 0.122 e. The molecule has 2 heterocycles. The first-order valence-corrected chi connectivity index (χ1v) is 7.24. The number of hydrogen-bond acceptors (Lipinski definition) is 3. The average molecular weight is 261 g/mol. The van der Waals surface area contributed by atoms with E-state index in [1.165, 1.54) is 19.3 Å². The predicted octanol–water partition coefficient (Wildman–Crippen LogP) is 2.50. The molecule has 1 aromatic carbocycles. The van der Waals surface area contributed by atoms with Crippen molar-refractivity contribution in [2.45, 2.75) is 56.7 Å². The van der Waals surface area contributed by atoms with Crippen LogP contribution in [-0.2, 0) is 5.60 Å². The molecular weight excluding hydrogens is 238 g/mol. The molecule has 2 bridgehead atoms. The van der Waals surface area contributed by atoms with Crippen molar-refractivity contribution < 1.29 is 9.84 Å². The van der Waals surface area contributed by atoms with Crippen molar-refractivity contribution in [3.63, 3.8) is 0 Å². The van der Waals surface area contributed by atoms with Gasteiger partial charge in [0.05, 0.1) is 12.7 Å². The lowest BCUT2D eigenvalue weighted by molar-refractivity contribution is -0.0360. The first-order valence-electron chi connectivity index (χ1n) is 7.24. The molecule has 2 atom stereocenters. The number of ether oxygens (including phenoxy) is 1. The molecule has 3 heteroatoms. The summed E-state index contributed by atoms with van der Waals surface area (Å²) >= 11 is 0. The number of fused-ring (bicyclic) bond motifs is 2. The van der Waals surface area contributed by atoms with Crippen molar-refractivity contribution >= 4 is 0 Å². The second-order valence-electron chi connectivity index (χ2n) is 6.12. The third-order valence-corrected chi connectivity index (χ3v) is 4.69. The van der Waals surface area contributed by atoms with Gasteiger partial charge in [-0.1, -0.05) is 18.6 Å². The molecule has 2 saturated heterocycles. The van der Waals surface area contributed by atoms with Gasteiger partial charge >= 0.3 is 0 Å². The summed E-state index contributed by atoms with van der Waals surface area (Å²) in [5.74, 6) is 0.870. The van der Waals surface area contributed by atoms with Crippen molar-refractivity contribution in [2.24, 2.45) is 0 Å². The Bertz CT molecular complexity index is 460. The Kier molecular flexibility index (Phi) is 3.27. The lowest BCUT2D eigenvalue weighted by Crippen LogP contribution is -2.54. The van der Waals surface area contributed by atoms with E-state index in [9.17, 15) is 5.11 Å². The van der Waals surface area contributed by atoms with Crippen LogP contribution in [0.1, 0.15) is 43.2 Å². The molecule has 0 saturated carbocycles. The maximum absolute atomic E-state index is 11.1. The third kappa shape index (κ3) is 2.37. The Hall–Kier alpha value is -1.06. The van der Waals surface area contributed by atoms with Gasteiger partial charge < -0.3 is 15.2 Å². The van der Waals surface area contributed by atoms with E-state index in [4.69, 9.17) is 4.74 Å². The number of benzene rings is 1. The van der Waals surface area contributed by atoms with Gasteiger partial charge in [-0.05, 0) is 49.8 Å². The molecule has 3 nitrogen and oxygen atoms in total. The summed E-state index contributed by atoms with van der Waals surface area (Å²) in [5.41, 5.74) is 1.43. The Balaban J connectivity index is 1.91. The molecule has 0 spiro atoms. The monoisotopic (exact) mass is 261 g/mol. The van der Waals surface area contributed by atoms with E-state index in [2.05, 4.69) is 11.4 Å². The van der Waals surface area contributed by atoms with Crippen LogP contribution in [0.3, 0.4) is 0 Å². The first kappa shape index (κ1) is 12.9. The van der Waals surface area contributed by atoms with Crippen LogP contribution in [-0.4, -0.2) is 24.3 Å². The first-order chi connectivity index (χ1) is 9.10. The molecule has 104 valence electrons. The van der Waals surface area contributed by atoms with Crippen molar-refractivity contribution in [3.05, 3.63) is 29.3 Å². The summed E-state index contributed by atoms with van der Waals surface area (Å²) in [6.07, 6.45) is 5.28. The summed E-state index contributed by atoms with van der Waals surface area (Å²) in [5, 5.41) is 14.7. The quantitative estimate of drug-likeness (QED) is 0.859. The fourth-order valence-corrected chi connectivity index (χ4v) is 3.68. The molecule has 0 aliphatic carbocycles. The molecular formula is C16H23NO2. The maximum atomic E-state index is 11.1. The standard InChI is InChI=1S/C16H23NO2/c1-11-6-7-12(8-15(11)19-2)16(18)9-13-4-3-5-14(10-16)17-13/h6-8,13-14,17-18H,3-5,9-10H2,1-2H3. The van der Waals surface area contributed by atoms with E-state index in [0.29, 0.717) is 12.1 Å². The Morgan fingerprint density at radius 2 is 1.95 bits per heavy atom. The molecule has 19 heavy (non-hydrogen) atoms. The minimum absolute atomic E-state index is 0.463. The fourth-order valence-electron chi connectivity index (χ4n) is 3.68. The van der Waals surface area contributed by atoms with Crippen molar-refractivity contribution in [3.8, 4) is 5.75 Å². The smallest absolute Gasteiger partial charge is 0.122 e. The summed E-state index contributed by atoms with van der Waals surface area (Å²) in [6, 6.07) is 7.04. The van der Waals surface area contributed by atoms with Crippen LogP contribution in [0.4, 0.5) is 0 Å². The van der Waals surface area contributed by atoms with Crippen LogP contribution in [0.25, 0.3) is 0 Å². The van der Waals surface area contributed by atoms with E-state index in [1.807, 2.05) is 19.1 Å². The highest BCUT2D eigenvalue weighted by Gasteiger charge is 2.41. The Morgan fingerprint density at radius 3 is 2.58 bits per heavy atom. The summed E-state index contributed by atoms with van der Waals surface area (Å²) < 4.78 is 5.39. The highest BCUT2D eigenvalue weighted by Crippen LogP contribution is 2.40. The van der Waals surface area contributed by atoms with Gasteiger partial charge in [-0.2, -0.15) is 0 Å². The van der Waals surface area contributed by atoms with Crippen molar-refractivity contribution in [1.29, 1.82) is 0 Å². The number of piperidine rings is 2. The van der Waals surface area contributed by atoms with Gasteiger partial charge in [0.1, 0.15) is 5.75 Å². The molecule has 0 aromatic heterocycles. The van der Waals surface area contributed by atoms with Gasteiger partial charge in [-0.25, -0.2) is 0 Å². The number of hydrogen-bond donors (Lipinski definition) is 2. The third-order valence-electron chi connectivity index (χ3n) is 4.69. The highest BCUT2D eigenvalue weighted by molar-refractivity contribution is 5.39. The van der Waals surface area contributed by atoms with Crippen LogP contribution >= 0.6 is 0 Å². The molecule has 2 aliphatic heterocycles. The van der Waals surface area contributed by atoms with Crippen LogP contribution < -0.4 is 10.1 Å². The average Bonchev–Trinajstić information content (AvgIpc) is 2.38. The topological polar surface area (TPSA) is 41.5 Å². The lowest BCUT2D eigenvalue weighted by Gasteiger charge is -2.45. The number of aryl methyl sites for hydroxylation is 1. The number of aliphatic hydroxyl groups is 1. The van der Waals surface area contributed by atoms with E-state index >= 15 is 0 Å². The van der Waals surface area contributed by atoms with Gasteiger partial charge in [0.2, 0.25) is 0 Å². The molecule has 2 aliphatic rings. The number of nitrogens with one attached hydrogen (secondary N) is 1. The molecule has 2 fully saturated rings. The minimum Gasteiger partial charge on any atom is -0.496 e. The largest absolute Gasteiger partial charge is 0.496 e. The van der Waals surface area contributed by atoms with Crippen molar-refractivity contribution in [1.82, 2.24) is 5.32 Å². The predicted molar refractivity (Wildman–Crippen MR) is 75.4 cm³/mol. The fraction of sp³-hybridized carbons (Fsp3) is 0.625.